The fraction of sp³-hybridized carbons (Fsp3) is 1.00. The Labute approximate surface area is 89.6 Å². The van der Waals surface area contributed by atoms with Crippen molar-refractivity contribution in [1.82, 2.24) is 5.43 Å². The van der Waals surface area contributed by atoms with Gasteiger partial charge in [0.25, 0.3) is 0 Å². The van der Waals surface area contributed by atoms with Crippen molar-refractivity contribution in [3.8, 4) is 0 Å². The van der Waals surface area contributed by atoms with E-state index in [4.69, 9.17) is 0 Å². The molecule has 0 saturated heterocycles. The van der Waals surface area contributed by atoms with Gasteiger partial charge in [0.2, 0.25) is 0 Å². The van der Waals surface area contributed by atoms with E-state index in [1.807, 2.05) is 0 Å². The molecular weight excluding hydrogens is 174 g/mol. The van der Waals surface area contributed by atoms with Crippen LogP contribution in [0.25, 0.3) is 0 Å². The fourth-order valence-corrected chi connectivity index (χ4v) is 1.69. The van der Waals surface area contributed by atoms with E-state index in [9.17, 15) is 0 Å². The predicted molar refractivity (Wildman–Crippen MR) is 64.8 cm³/mol. The lowest BCUT2D eigenvalue weighted by molar-refractivity contribution is 0.314. The minimum atomic E-state index is 0.663. The molecule has 0 amide bonds. The van der Waals surface area contributed by atoms with Gasteiger partial charge in [0.1, 0.15) is 0 Å². The van der Waals surface area contributed by atoms with Crippen LogP contribution in [0.15, 0.2) is 0 Å². The smallest absolute Gasteiger partial charge is 0.00172 e. The summed E-state index contributed by atoms with van der Waals surface area (Å²) in [5.41, 5.74) is 7.41. The van der Waals surface area contributed by atoms with E-state index in [-0.39, 0.29) is 0 Å². The summed E-state index contributed by atoms with van der Waals surface area (Å²) in [5.74, 6) is 4.60. The standard InChI is InChI=1S/C9H18.CH6N2.CH5N/c1-9(2)7-5-3-4-6-8-9;1-3-2;1-2/h3-8H2,1-2H3;3H,2H2,1H3;2H2,1H3. The zero-order valence-corrected chi connectivity index (χ0v) is 10.4. The van der Waals surface area contributed by atoms with E-state index in [2.05, 4.69) is 30.8 Å². The van der Waals surface area contributed by atoms with E-state index < -0.39 is 0 Å². The van der Waals surface area contributed by atoms with Crippen LogP contribution in [0.5, 0.6) is 0 Å². The highest BCUT2D eigenvalue weighted by Gasteiger charge is 2.18. The van der Waals surface area contributed by atoms with Gasteiger partial charge < -0.3 is 5.73 Å². The summed E-state index contributed by atoms with van der Waals surface area (Å²) in [7, 11) is 3.15. The maximum Gasteiger partial charge on any atom is -0.00172 e. The minimum absolute atomic E-state index is 0.663. The van der Waals surface area contributed by atoms with Gasteiger partial charge in [-0.25, -0.2) is 0 Å². The van der Waals surface area contributed by atoms with Crippen LogP contribution >= 0.6 is 0 Å². The molecule has 14 heavy (non-hydrogen) atoms. The molecule has 1 rings (SSSR count). The number of rotatable bonds is 0. The molecule has 0 aromatic heterocycles. The Bertz CT molecular complexity index is 92.7. The second-order valence-corrected chi connectivity index (χ2v) is 4.37. The third kappa shape index (κ3) is 11.9. The molecule has 0 heterocycles. The molecule has 1 fully saturated rings. The van der Waals surface area contributed by atoms with Crippen molar-refractivity contribution in [3.63, 3.8) is 0 Å². The van der Waals surface area contributed by atoms with Crippen molar-refractivity contribution < 1.29 is 0 Å². The van der Waals surface area contributed by atoms with E-state index in [0.29, 0.717) is 5.41 Å². The molecule has 0 spiro atoms. The Morgan fingerprint density at radius 3 is 1.50 bits per heavy atom. The molecule has 88 valence electrons. The van der Waals surface area contributed by atoms with Crippen LogP contribution in [-0.4, -0.2) is 14.1 Å². The molecule has 3 nitrogen and oxygen atoms in total. The molecule has 0 radical (unpaired) electrons. The normalized spacial score (nSPS) is 19.3. The van der Waals surface area contributed by atoms with Gasteiger partial charge in [-0.2, -0.15) is 0 Å². The van der Waals surface area contributed by atoms with Crippen LogP contribution in [0.2, 0.25) is 0 Å². The number of hydrogen-bond acceptors (Lipinski definition) is 3. The first-order chi connectivity index (χ1) is 6.62. The molecule has 0 bridgehead atoms. The molecule has 0 aromatic carbocycles. The van der Waals surface area contributed by atoms with Crippen LogP contribution in [0.4, 0.5) is 0 Å². The Kier molecular flexibility index (Phi) is 12.8. The van der Waals surface area contributed by atoms with Gasteiger partial charge in [-0.05, 0) is 32.4 Å². The molecule has 1 aliphatic carbocycles. The van der Waals surface area contributed by atoms with Crippen molar-refractivity contribution in [1.29, 1.82) is 0 Å². The molecule has 1 saturated carbocycles. The summed E-state index contributed by atoms with van der Waals surface area (Å²) in [6, 6.07) is 0. The van der Waals surface area contributed by atoms with Gasteiger partial charge >= 0.3 is 0 Å². The summed E-state index contributed by atoms with van der Waals surface area (Å²) < 4.78 is 0. The topological polar surface area (TPSA) is 64.1 Å². The number of hydrogen-bond donors (Lipinski definition) is 3. The maximum absolute atomic E-state index is 4.60. The fourth-order valence-electron chi connectivity index (χ4n) is 1.69. The monoisotopic (exact) mass is 203 g/mol. The Balaban J connectivity index is 0. The molecule has 1 aliphatic rings. The van der Waals surface area contributed by atoms with Gasteiger partial charge in [-0.3, -0.25) is 11.3 Å². The van der Waals surface area contributed by atoms with Gasteiger partial charge in [0.15, 0.2) is 0 Å². The first-order valence-electron chi connectivity index (χ1n) is 5.57. The summed E-state index contributed by atoms with van der Waals surface area (Å²) in [6.07, 6.45) is 8.78. The third-order valence-electron chi connectivity index (χ3n) is 2.46. The van der Waals surface area contributed by atoms with Crippen LogP contribution in [0.1, 0.15) is 52.4 Å². The Morgan fingerprint density at radius 2 is 1.21 bits per heavy atom. The van der Waals surface area contributed by atoms with Gasteiger partial charge in [0, 0.05) is 0 Å². The lowest BCUT2D eigenvalue weighted by Crippen LogP contribution is -2.13. The summed E-state index contributed by atoms with van der Waals surface area (Å²) >= 11 is 0. The maximum atomic E-state index is 4.60. The zero-order chi connectivity index (χ0) is 11.4. The highest BCUT2D eigenvalue weighted by atomic mass is 15.2. The van der Waals surface area contributed by atoms with Crippen LogP contribution in [-0.2, 0) is 0 Å². The first kappa shape index (κ1) is 16.3. The molecule has 5 N–H and O–H groups in total. The SMILES string of the molecule is CC1(C)CCCCCC1.CN.CNN. The molecule has 0 atom stereocenters. The quantitative estimate of drug-likeness (QED) is 0.321. The summed E-state index contributed by atoms with van der Waals surface area (Å²) in [6.45, 7) is 4.80. The van der Waals surface area contributed by atoms with E-state index >= 15 is 0 Å². The van der Waals surface area contributed by atoms with Crippen molar-refractivity contribution in [2.45, 2.75) is 52.4 Å². The second-order valence-electron chi connectivity index (χ2n) is 4.37. The van der Waals surface area contributed by atoms with Gasteiger partial charge in [0.05, 0.1) is 0 Å². The van der Waals surface area contributed by atoms with Gasteiger partial charge in [-0.15, -0.1) is 0 Å². The van der Waals surface area contributed by atoms with E-state index in [1.165, 1.54) is 45.6 Å². The summed E-state index contributed by atoms with van der Waals surface area (Å²) in [4.78, 5) is 0. The average Bonchev–Trinajstić information content (AvgIpc) is 2.34. The van der Waals surface area contributed by atoms with E-state index in [1.54, 1.807) is 7.05 Å². The highest BCUT2D eigenvalue weighted by molar-refractivity contribution is 4.71. The van der Waals surface area contributed by atoms with Crippen LogP contribution in [0.3, 0.4) is 0 Å². The lowest BCUT2D eigenvalue weighted by Gasteiger charge is -2.21. The highest BCUT2D eigenvalue weighted by Crippen LogP contribution is 2.33. The number of hydrazine groups is 1. The van der Waals surface area contributed by atoms with Crippen LogP contribution < -0.4 is 17.0 Å². The molecular formula is C11H29N3. The lowest BCUT2D eigenvalue weighted by atomic mass is 9.85. The first-order valence-corrected chi connectivity index (χ1v) is 5.57. The van der Waals surface area contributed by atoms with Crippen LogP contribution in [0, 0.1) is 5.41 Å². The molecule has 0 aliphatic heterocycles. The summed E-state index contributed by atoms with van der Waals surface area (Å²) in [5, 5.41) is 0. The van der Waals surface area contributed by atoms with Crippen molar-refractivity contribution >= 4 is 0 Å². The molecule has 3 heteroatoms. The van der Waals surface area contributed by atoms with E-state index in [0.717, 1.165) is 0 Å². The Hall–Kier alpha value is -0.120. The number of nitrogens with one attached hydrogen (secondary N) is 1. The molecule has 0 aromatic rings. The second kappa shape index (κ2) is 11.0. The van der Waals surface area contributed by atoms with Crippen molar-refractivity contribution in [3.05, 3.63) is 0 Å². The molecule has 0 unspecified atom stereocenters. The zero-order valence-electron chi connectivity index (χ0n) is 10.4. The average molecular weight is 203 g/mol. The van der Waals surface area contributed by atoms with Gasteiger partial charge in [-0.1, -0.05) is 39.5 Å². The Morgan fingerprint density at radius 1 is 0.929 bits per heavy atom. The minimum Gasteiger partial charge on any atom is -0.333 e. The predicted octanol–water partition coefficient (Wildman–Crippen LogP) is 2.02. The third-order valence-corrected chi connectivity index (χ3v) is 2.46. The number of nitrogens with two attached hydrogens (primary N) is 2. The van der Waals surface area contributed by atoms with Crippen molar-refractivity contribution in [2.24, 2.45) is 17.0 Å². The largest absolute Gasteiger partial charge is 0.333 e. The van der Waals surface area contributed by atoms with Crippen molar-refractivity contribution in [2.75, 3.05) is 14.1 Å².